The average Bonchev–Trinajstić information content (AvgIpc) is 3.11. The Morgan fingerprint density at radius 1 is 1.48 bits per heavy atom. The summed E-state index contributed by atoms with van der Waals surface area (Å²) in [4.78, 5) is 12.1. The van der Waals surface area contributed by atoms with Crippen LogP contribution in [0.4, 0.5) is 0 Å². The predicted octanol–water partition coefficient (Wildman–Crippen LogP) is 1.63. The Hall–Kier alpha value is -0.810. The summed E-state index contributed by atoms with van der Waals surface area (Å²) in [5.41, 5.74) is 1.25. The van der Waals surface area contributed by atoms with Crippen LogP contribution in [0.5, 0.6) is 0 Å². The van der Waals surface area contributed by atoms with Gasteiger partial charge in [0.25, 0.3) is 0 Å². The zero-order valence-electron chi connectivity index (χ0n) is 11.6. The fourth-order valence-electron chi connectivity index (χ4n) is 2.83. The molecule has 6 heteroatoms. The van der Waals surface area contributed by atoms with Crippen LogP contribution < -0.4 is 10.6 Å². The summed E-state index contributed by atoms with van der Waals surface area (Å²) in [5, 5.41) is 16.2. The summed E-state index contributed by atoms with van der Waals surface area (Å²) in [6, 6.07) is 7.61. The van der Waals surface area contributed by atoms with Crippen LogP contribution in [0.2, 0.25) is 5.02 Å². The molecule has 3 N–H and O–H groups in total. The lowest BCUT2D eigenvalue weighted by Gasteiger charge is -2.18. The second kappa shape index (κ2) is 6.53. The molecule has 2 atom stereocenters. The molecule has 1 amide bonds. The third kappa shape index (κ3) is 3.69. The Balaban J connectivity index is 0.00000161. The Labute approximate surface area is 135 Å². The van der Waals surface area contributed by atoms with E-state index in [4.69, 9.17) is 11.6 Å². The van der Waals surface area contributed by atoms with E-state index < -0.39 is 6.10 Å². The summed E-state index contributed by atoms with van der Waals surface area (Å²) >= 11 is 6.04. The lowest BCUT2D eigenvalue weighted by Crippen LogP contribution is -2.43. The van der Waals surface area contributed by atoms with Crippen molar-refractivity contribution in [3.05, 3.63) is 34.9 Å². The number of hydrogen-bond acceptors (Lipinski definition) is 3. The van der Waals surface area contributed by atoms with E-state index >= 15 is 0 Å². The standard InChI is InChI=1S/C15H19ClN2O2.ClH/c16-11-3-1-2-10(6-11)15(4-5-15)9-18-14(20)13-7-12(19)8-17-13;/h1-3,6,12-13,17,19H,4-5,7-9H2,(H,18,20);1H. The number of carbonyl (C=O) groups excluding carboxylic acids is 1. The summed E-state index contributed by atoms with van der Waals surface area (Å²) in [6.45, 7) is 1.14. The molecule has 1 aliphatic heterocycles. The molecule has 2 aliphatic rings. The lowest BCUT2D eigenvalue weighted by atomic mass is 9.96. The molecule has 3 rings (SSSR count). The van der Waals surface area contributed by atoms with Gasteiger partial charge in [0, 0.05) is 23.5 Å². The zero-order valence-corrected chi connectivity index (χ0v) is 13.2. The van der Waals surface area contributed by atoms with Crippen molar-refractivity contribution >= 4 is 29.9 Å². The van der Waals surface area contributed by atoms with Crippen LogP contribution in [0.1, 0.15) is 24.8 Å². The van der Waals surface area contributed by atoms with Crippen molar-refractivity contribution in [3.8, 4) is 0 Å². The SMILES string of the molecule is Cl.O=C(NCC1(c2cccc(Cl)c2)CC1)C1CC(O)CN1. The number of nitrogens with one attached hydrogen (secondary N) is 2. The van der Waals surface area contributed by atoms with E-state index in [1.165, 1.54) is 5.56 Å². The highest BCUT2D eigenvalue weighted by atomic mass is 35.5. The lowest BCUT2D eigenvalue weighted by molar-refractivity contribution is -0.123. The molecule has 0 spiro atoms. The van der Waals surface area contributed by atoms with Crippen LogP contribution in [-0.2, 0) is 10.2 Å². The maximum atomic E-state index is 12.1. The first-order valence-electron chi connectivity index (χ1n) is 7.04. The van der Waals surface area contributed by atoms with Crippen molar-refractivity contribution in [1.29, 1.82) is 0 Å². The van der Waals surface area contributed by atoms with Gasteiger partial charge in [0.05, 0.1) is 12.1 Å². The Morgan fingerprint density at radius 2 is 2.24 bits per heavy atom. The summed E-state index contributed by atoms with van der Waals surface area (Å²) in [7, 11) is 0. The molecule has 21 heavy (non-hydrogen) atoms. The van der Waals surface area contributed by atoms with Gasteiger partial charge in [-0.15, -0.1) is 12.4 Å². The monoisotopic (exact) mass is 330 g/mol. The average molecular weight is 331 g/mol. The smallest absolute Gasteiger partial charge is 0.237 e. The largest absolute Gasteiger partial charge is 0.392 e. The summed E-state index contributed by atoms with van der Waals surface area (Å²) in [5.74, 6) is -0.0187. The molecule has 1 saturated heterocycles. The van der Waals surface area contributed by atoms with Gasteiger partial charge in [0.1, 0.15) is 0 Å². The van der Waals surface area contributed by atoms with Crippen LogP contribution in [0.15, 0.2) is 24.3 Å². The van der Waals surface area contributed by atoms with E-state index in [9.17, 15) is 9.90 Å². The molecule has 0 radical (unpaired) electrons. The highest BCUT2D eigenvalue weighted by Crippen LogP contribution is 2.48. The van der Waals surface area contributed by atoms with Crippen molar-refractivity contribution in [3.63, 3.8) is 0 Å². The first kappa shape index (κ1) is 16.6. The molecule has 1 aromatic rings. The number of amides is 1. The second-order valence-electron chi connectivity index (χ2n) is 5.86. The highest BCUT2D eigenvalue weighted by Gasteiger charge is 2.44. The van der Waals surface area contributed by atoms with Crippen LogP contribution in [0, 0.1) is 0 Å². The van der Waals surface area contributed by atoms with E-state index in [-0.39, 0.29) is 29.8 Å². The molecule has 4 nitrogen and oxygen atoms in total. The van der Waals surface area contributed by atoms with E-state index in [0.29, 0.717) is 19.5 Å². The molecule has 1 aliphatic carbocycles. The molecule has 0 bridgehead atoms. The van der Waals surface area contributed by atoms with Gasteiger partial charge in [-0.2, -0.15) is 0 Å². The van der Waals surface area contributed by atoms with Gasteiger partial charge in [0.2, 0.25) is 5.91 Å². The van der Waals surface area contributed by atoms with Gasteiger partial charge in [-0.25, -0.2) is 0 Å². The molecule has 116 valence electrons. The maximum absolute atomic E-state index is 12.1. The van der Waals surface area contributed by atoms with Crippen molar-refractivity contribution in [2.24, 2.45) is 0 Å². The number of aliphatic hydroxyl groups is 1. The normalized spacial score (nSPS) is 26.0. The van der Waals surface area contributed by atoms with Crippen LogP contribution in [0.3, 0.4) is 0 Å². The van der Waals surface area contributed by atoms with E-state index in [0.717, 1.165) is 17.9 Å². The molecular weight excluding hydrogens is 311 g/mol. The van der Waals surface area contributed by atoms with Crippen LogP contribution in [-0.4, -0.2) is 36.2 Å². The molecule has 1 saturated carbocycles. The first-order chi connectivity index (χ1) is 9.59. The second-order valence-corrected chi connectivity index (χ2v) is 6.30. The minimum absolute atomic E-state index is 0. The topological polar surface area (TPSA) is 61.4 Å². The van der Waals surface area contributed by atoms with Crippen molar-refractivity contribution in [1.82, 2.24) is 10.6 Å². The number of halogens is 2. The van der Waals surface area contributed by atoms with Gasteiger partial charge in [0.15, 0.2) is 0 Å². The van der Waals surface area contributed by atoms with Crippen molar-refractivity contribution in [2.45, 2.75) is 36.8 Å². The van der Waals surface area contributed by atoms with E-state index in [1.54, 1.807) is 0 Å². The Kier molecular flexibility index (Phi) is 5.15. The van der Waals surface area contributed by atoms with Gasteiger partial charge in [-0.05, 0) is 37.0 Å². The number of aliphatic hydroxyl groups excluding tert-OH is 1. The highest BCUT2D eigenvalue weighted by molar-refractivity contribution is 6.30. The third-order valence-electron chi connectivity index (χ3n) is 4.32. The fraction of sp³-hybridized carbons (Fsp3) is 0.533. The van der Waals surface area contributed by atoms with Crippen LogP contribution >= 0.6 is 24.0 Å². The van der Waals surface area contributed by atoms with Gasteiger partial charge in [-0.1, -0.05) is 23.7 Å². The number of benzene rings is 1. The maximum Gasteiger partial charge on any atom is 0.237 e. The Bertz CT molecular complexity index is 520. The number of rotatable bonds is 4. The van der Waals surface area contributed by atoms with Gasteiger partial charge >= 0.3 is 0 Å². The van der Waals surface area contributed by atoms with Gasteiger partial charge < -0.3 is 15.7 Å². The number of hydrogen-bond donors (Lipinski definition) is 3. The summed E-state index contributed by atoms with van der Waals surface area (Å²) in [6.07, 6.45) is 2.24. The van der Waals surface area contributed by atoms with E-state index in [1.807, 2.05) is 18.2 Å². The molecule has 2 unspecified atom stereocenters. The minimum Gasteiger partial charge on any atom is -0.392 e. The summed E-state index contributed by atoms with van der Waals surface area (Å²) < 4.78 is 0. The van der Waals surface area contributed by atoms with E-state index in [2.05, 4.69) is 16.7 Å². The fourth-order valence-corrected chi connectivity index (χ4v) is 3.02. The molecular formula is C15H20Cl2N2O2. The first-order valence-corrected chi connectivity index (χ1v) is 7.42. The minimum atomic E-state index is -0.409. The molecule has 2 fully saturated rings. The van der Waals surface area contributed by atoms with Crippen molar-refractivity contribution in [2.75, 3.05) is 13.1 Å². The zero-order chi connectivity index (χ0) is 14.2. The molecule has 1 heterocycles. The molecule has 0 aromatic heterocycles. The van der Waals surface area contributed by atoms with Crippen molar-refractivity contribution < 1.29 is 9.90 Å². The third-order valence-corrected chi connectivity index (χ3v) is 4.55. The van der Waals surface area contributed by atoms with Gasteiger partial charge in [-0.3, -0.25) is 4.79 Å². The Morgan fingerprint density at radius 3 is 2.81 bits per heavy atom. The quantitative estimate of drug-likeness (QED) is 0.786. The molecule has 1 aromatic carbocycles. The predicted molar refractivity (Wildman–Crippen MR) is 85.0 cm³/mol. The van der Waals surface area contributed by atoms with Crippen LogP contribution in [0.25, 0.3) is 0 Å². The number of carbonyl (C=O) groups is 1. The number of β-amino-alcohol motifs (C(OH)–C–C–N with tert-alkyl or cyclic N) is 1.